The predicted octanol–water partition coefficient (Wildman–Crippen LogP) is 2.22. The number of carbonyl (C=O) groups is 1. The van der Waals surface area contributed by atoms with Crippen LogP contribution in [-0.2, 0) is 4.79 Å². The van der Waals surface area contributed by atoms with Gasteiger partial charge in [-0.1, -0.05) is 0 Å². The van der Waals surface area contributed by atoms with E-state index in [4.69, 9.17) is 5.11 Å². The Labute approximate surface area is 81.0 Å². The van der Waals surface area contributed by atoms with Crippen molar-refractivity contribution in [2.75, 3.05) is 0 Å². The Hall–Kier alpha value is -0.960. The zero-order valence-corrected chi connectivity index (χ0v) is 7.88. The first-order valence-electron chi connectivity index (χ1n) is 4.24. The summed E-state index contributed by atoms with van der Waals surface area (Å²) in [6, 6.07) is 6.97. The van der Waals surface area contributed by atoms with Crippen molar-refractivity contribution in [1.82, 2.24) is 0 Å². The highest BCUT2D eigenvalue weighted by Gasteiger charge is 2.28. The largest absolute Gasteiger partial charge is 0.508 e. The van der Waals surface area contributed by atoms with Gasteiger partial charge in [0.25, 0.3) is 0 Å². The van der Waals surface area contributed by atoms with Gasteiger partial charge in [0.15, 0.2) is 0 Å². The monoisotopic (exact) mass is 194 g/mol. The Bertz CT molecular complexity index is 318. The maximum atomic E-state index is 11.0. The van der Waals surface area contributed by atoms with E-state index in [0.717, 1.165) is 17.7 Å². The van der Waals surface area contributed by atoms with Crippen molar-refractivity contribution in [2.45, 2.75) is 23.0 Å². The molecule has 0 spiro atoms. The van der Waals surface area contributed by atoms with E-state index in [1.807, 2.05) is 12.1 Å². The van der Waals surface area contributed by atoms with Gasteiger partial charge in [0, 0.05) is 11.3 Å². The fourth-order valence-corrected chi connectivity index (χ4v) is 2.30. The number of phenols is 1. The molecule has 0 saturated heterocycles. The molecular weight excluding hydrogens is 184 g/mol. The molecule has 1 aromatic carbocycles. The molecule has 0 aliphatic heterocycles. The minimum Gasteiger partial charge on any atom is -0.508 e. The van der Waals surface area contributed by atoms with Crippen LogP contribution in [0.2, 0.25) is 0 Å². The molecule has 13 heavy (non-hydrogen) atoms. The molecule has 68 valence electrons. The van der Waals surface area contributed by atoms with Crippen LogP contribution in [-0.4, -0.2) is 16.1 Å². The van der Waals surface area contributed by atoms with E-state index in [-0.39, 0.29) is 11.0 Å². The standard InChI is InChI=1S/C10H10O2S/c11-7-1-3-8(4-2-7)13-10-6-5-9(10)12/h1-4,10-11H,5-6H2/t10-/m0/s1. The quantitative estimate of drug-likeness (QED) is 0.784. The molecule has 1 saturated carbocycles. The molecule has 3 heteroatoms. The highest BCUT2D eigenvalue weighted by Crippen LogP contribution is 2.34. The van der Waals surface area contributed by atoms with Crippen LogP contribution in [0.25, 0.3) is 0 Å². The number of aromatic hydroxyl groups is 1. The van der Waals surface area contributed by atoms with Crippen LogP contribution in [0.3, 0.4) is 0 Å². The maximum absolute atomic E-state index is 11.0. The Balaban J connectivity index is 2.01. The van der Waals surface area contributed by atoms with Crippen molar-refractivity contribution in [2.24, 2.45) is 0 Å². The summed E-state index contributed by atoms with van der Waals surface area (Å²) >= 11 is 1.59. The van der Waals surface area contributed by atoms with Crippen LogP contribution in [0, 0.1) is 0 Å². The molecule has 0 radical (unpaired) electrons. The fraction of sp³-hybridized carbons (Fsp3) is 0.300. The molecule has 1 aliphatic carbocycles. The molecule has 2 rings (SSSR count). The van der Waals surface area contributed by atoms with Crippen LogP contribution in [0.5, 0.6) is 5.75 Å². The second-order valence-electron chi connectivity index (χ2n) is 3.11. The van der Waals surface area contributed by atoms with E-state index in [2.05, 4.69) is 0 Å². The minimum atomic E-state index is 0.157. The number of rotatable bonds is 2. The molecule has 0 aromatic heterocycles. The van der Waals surface area contributed by atoms with Crippen LogP contribution in [0.4, 0.5) is 0 Å². The van der Waals surface area contributed by atoms with Crippen molar-refractivity contribution in [3.05, 3.63) is 24.3 Å². The number of carbonyl (C=O) groups excluding carboxylic acids is 1. The van der Waals surface area contributed by atoms with Gasteiger partial charge in [0.05, 0.1) is 5.25 Å². The summed E-state index contributed by atoms with van der Waals surface area (Å²) in [7, 11) is 0. The molecular formula is C10H10O2S. The highest BCUT2D eigenvalue weighted by molar-refractivity contribution is 8.00. The number of hydrogen-bond donors (Lipinski definition) is 1. The van der Waals surface area contributed by atoms with Crippen molar-refractivity contribution in [1.29, 1.82) is 0 Å². The van der Waals surface area contributed by atoms with Gasteiger partial charge in [-0.2, -0.15) is 0 Å². The molecule has 1 fully saturated rings. The number of ketones is 1. The van der Waals surface area contributed by atoms with Crippen molar-refractivity contribution >= 4 is 17.5 Å². The van der Waals surface area contributed by atoms with Gasteiger partial charge in [0.2, 0.25) is 0 Å². The van der Waals surface area contributed by atoms with E-state index >= 15 is 0 Å². The average Bonchev–Trinajstić information content (AvgIpc) is 2.15. The van der Waals surface area contributed by atoms with Crippen LogP contribution >= 0.6 is 11.8 Å². The third-order valence-electron chi connectivity index (χ3n) is 2.13. The lowest BCUT2D eigenvalue weighted by molar-refractivity contribution is -0.122. The van der Waals surface area contributed by atoms with Crippen LogP contribution in [0.15, 0.2) is 29.2 Å². The number of Topliss-reactive ketones (excluding diaryl/α,β-unsaturated/α-hetero) is 1. The summed E-state index contributed by atoms with van der Waals surface area (Å²) in [6.07, 6.45) is 1.72. The zero-order valence-electron chi connectivity index (χ0n) is 7.06. The van der Waals surface area contributed by atoms with E-state index in [1.54, 1.807) is 23.9 Å². The van der Waals surface area contributed by atoms with Crippen molar-refractivity contribution < 1.29 is 9.90 Å². The van der Waals surface area contributed by atoms with Gasteiger partial charge >= 0.3 is 0 Å². The van der Waals surface area contributed by atoms with E-state index in [9.17, 15) is 4.79 Å². The Morgan fingerprint density at radius 2 is 2.00 bits per heavy atom. The van der Waals surface area contributed by atoms with E-state index < -0.39 is 0 Å². The fourth-order valence-electron chi connectivity index (χ4n) is 1.19. The van der Waals surface area contributed by atoms with Gasteiger partial charge in [-0.15, -0.1) is 11.8 Å². The summed E-state index contributed by atoms with van der Waals surface area (Å²) in [4.78, 5) is 12.1. The normalized spacial score (nSPS) is 21.2. The lowest BCUT2D eigenvalue weighted by atomic mass is 9.98. The van der Waals surface area contributed by atoms with Crippen molar-refractivity contribution in [3.8, 4) is 5.75 Å². The summed E-state index contributed by atoms with van der Waals surface area (Å²) in [5.41, 5.74) is 0. The number of phenolic OH excluding ortho intramolecular Hbond substituents is 1. The minimum absolute atomic E-state index is 0.157. The molecule has 2 nitrogen and oxygen atoms in total. The van der Waals surface area contributed by atoms with E-state index in [1.165, 1.54) is 0 Å². The highest BCUT2D eigenvalue weighted by atomic mass is 32.2. The maximum Gasteiger partial charge on any atom is 0.146 e. The SMILES string of the molecule is O=C1CC[C@@H]1Sc1ccc(O)cc1. The molecule has 1 atom stereocenters. The number of benzene rings is 1. The van der Waals surface area contributed by atoms with Gasteiger partial charge in [-0.25, -0.2) is 0 Å². The summed E-state index contributed by atoms with van der Waals surface area (Å²) in [5.74, 6) is 0.613. The summed E-state index contributed by atoms with van der Waals surface area (Å²) < 4.78 is 0. The number of thioether (sulfide) groups is 1. The molecule has 0 unspecified atom stereocenters. The third-order valence-corrected chi connectivity index (χ3v) is 3.45. The lowest BCUT2D eigenvalue weighted by Gasteiger charge is -2.22. The Morgan fingerprint density at radius 3 is 2.46 bits per heavy atom. The Kier molecular flexibility index (Phi) is 2.27. The average molecular weight is 194 g/mol. The Morgan fingerprint density at radius 1 is 1.31 bits per heavy atom. The third kappa shape index (κ3) is 1.86. The first kappa shape index (κ1) is 8.63. The smallest absolute Gasteiger partial charge is 0.146 e. The number of hydrogen-bond acceptors (Lipinski definition) is 3. The van der Waals surface area contributed by atoms with Gasteiger partial charge < -0.3 is 5.11 Å². The van der Waals surface area contributed by atoms with Gasteiger partial charge in [-0.3, -0.25) is 4.79 Å². The molecule has 0 bridgehead atoms. The second-order valence-corrected chi connectivity index (χ2v) is 4.38. The van der Waals surface area contributed by atoms with Gasteiger partial charge in [-0.05, 0) is 30.7 Å². The van der Waals surface area contributed by atoms with E-state index in [0.29, 0.717) is 5.78 Å². The topological polar surface area (TPSA) is 37.3 Å². The molecule has 1 N–H and O–H groups in total. The van der Waals surface area contributed by atoms with Crippen LogP contribution in [0.1, 0.15) is 12.8 Å². The summed E-state index contributed by atoms with van der Waals surface area (Å²) in [6.45, 7) is 0. The first-order chi connectivity index (χ1) is 6.25. The molecule has 0 heterocycles. The molecule has 1 aliphatic rings. The predicted molar refractivity (Wildman–Crippen MR) is 52.0 cm³/mol. The first-order valence-corrected chi connectivity index (χ1v) is 5.12. The molecule has 0 amide bonds. The van der Waals surface area contributed by atoms with Crippen LogP contribution < -0.4 is 0 Å². The van der Waals surface area contributed by atoms with Crippen molar-refractivity contribution in [3.63, 3.8) is 0 Å². The van der Waals surface area contributed by atoms with Gasteiger partial charge in [0.1, 0.15) is 11.5 Å². The summed E-state index contributed by atoms with van der Waals surface area (Å²) in [5, 5.41) is 9.19. The lowest BCUT2D eigenvalue weighted by Crippen LogP contribution is -2.27. The zero-order chi connectivity index (χ0) is 9.26. The second kappa shape index (κ2) is 3.42. The molecule has 1 aromatic rings.